The van der Waals surface area contributed by atoms with Crippen molar-refractivity contribution in [1.82, 2.24) is 10.6 Å². The molecule has 2 rings (SSSR count). The van der Waals surface area contributed by atoms with Gasteiger partial charge in [-0.2, -0.15) is 0 Å². The van der Waals surface area contributed by atoms with E-state index < -0.39 is 6.03 Å². The first-order valence-electron chi connectivity index (χ1n) is 6.82. The van der Waals surface area contributed by atoms with Crippen LogP contribution in [0.2, 0.25) is 0 Å². The highest BCUT2D eigenvalue weighted by Gasteiger charge is 2.35. The molecule has 1 unspecified atom stereocenters. The zero-order chi connectivity index (χ0) is 15.2. The minimum absolute atomic E-state index is 0.0333. The molecule has 0 spiro atoms. The Bertz CT molecular complexity index is 535. The number of anilines is 1. The number of urea groups is 1. The lowest BCUT2D eigenvalue weighted by Gasteiger charge is -2.14. The minimum atomic E-state index is -0.526. The molecule has 1 aliphatic heterocycles. The van der Waals surface area contributed by atoms with E-state index in [9.17, 15) is 9.59 Å². The van der Waals surface area contributed by atoms with Gasteiger partial charge in [0.1, 0.15) is 6.04 Å². The number of unbranched alkanes of at least 4 members (excludes halogenated alkanes) is 1. The Hall–Kier alpha value is -2.15. The first kappa shape index (κ1) is 15.2. The van der Waals surface area contributed by atoms with Gasteiger partial charge in [0.05, 0.1) is 5.69 Å². The molecule has 1 aromatic rings. The molecular formula is C14H18N4O2S. The topological polar surface area (TPSA) is 87.5 Å². The van der Waals surface area contributed by atoms with Gasteiger partial charge < -0.3 is 16.4 Å². The lowest BCUT2D eigenvalue weighted by atomic mass is 10.1. The molecule has 4 N–H and O–H groups in total. The predicted molar refractivity (Wildman–Crippen MR) is 84.9 cm³/mol. The number of hydrogen-bond acceptors (Lipinski definition) is 3. The van der Waals surface area contributed by atoms with E-state index in [0.717, 1.165) is 18.5 Å². The van der Waals surface area contributed by atoms with E-state index in [4.69, 9.17) is 18.0 Å². The lowest BCUT2D eigenvalue weighted by Crippen LogP contribution is -2.32. The third-order valence-corrected chi connectivity index (χ3v) is 3.55. The van der Waals surface area contributed by atoms with Crippen LogP contribution < -0.4 is 21.3 Å². The van der Waals surface area contributed by atoms with Crippen molar-refractivity contribution in [2.24, 2.45) is 5.73 Å². The third kappa shape index (κ3) is 3.91. The van der Waals surface area contributed by atoms with Crippen LogP contribution in [0.25, 0.3) is 0 Å². The molecule has 1 aliphatic rings. The summed E-state index contributed by atoms with van der Waals surface area (Å²) in [6.45, 7) is 0.517. The summed E-state index contributed by atoms with van der Waals surface area (Å²) in [6, 6.07) is 8.51. The quantitative estimate of drug-likeness (QED) is 0.543. The Labute approximate surface area is 128 Å². The standard InChI is InChI=1S/C14H18N4O2S/c15-13(20)16-9-5-4-8-11-12(19)18(14(21)17-11)10-6-2-1-3-7-10/h1-3,6-7,11H,4-5,8-9H2,(H,17,21)(H3,15,16,20). The fraction of sp³-hybridized carbons (Fsp3) is 0.357. The second kappa shape index (κ2) is 7.03. The number of carbonyl (C=O) groups excluding carboxylic acids is 2. The van der Waals surface area contributed by atoms with Gasteiger partial charge in [0.15, 0.2) is 5.11 Å². The Balaban J connectivity index is 1.86. The largest absolute Gasteiger partial charge is 0.352 e. The molecule has 1 aromatic carbocycles. The molecule has 7 heteroatoms. The van der Waals surface area contributed by atoms with E-state index >= 15 is 0 Å². The molecule has 0 saturated carbocycles. The number of primary amides is 1. The highest BCUT2D eigenvalue weighted by atomic mass is 32.1. The summed E-state index contributed by atoms with van der Waals surface area (Å²) in [5.74, 6) is -0.0333. The van der Waals surface area contributed by atoms with Crippen LogP contribution in [0.4, 0.5) is 10.5 Å². The number of benzene rings is 1. The maximum Gasteiger partial charge on any atom is 0.312 e. The van der Waals surface area contributed by atoms with E-state index in [0.29, 0.717) is 18.1 Å². The van der Waals surface area contributed by atoms with E-state index in [1.165, 1.54) is 4.90 Å². The fourth-order valence-corrected chi connectivity index (χ4v) is 2.57. The van der Waals surface area contributed by atoms with E-state index in [1.54, 1.807) is 0 Å². The summed E-state index contributed by atoms with van der Waals surface area (Å²) in [5, 5.41) is 6.01. The number of carbonyl (C=O) groups is 2. The molecule has 1 saturated heterocycles. The number of nitrogens with one attached hydrogen (secondary N) is 2. The maximum atomic E-state index is 12.4. The van der Waals surface area contributed by atoms with Crippen LogP contribution in [0.3, 0.4) is 0 Å². The first-order valence-corrected chi connectivity index (χ1v) is 7.23. The van der Waals surface area contributed by atoms with Gasteiger partial charge in [-0.1, -0.05) is 18.2 Å². The molecule has 1 fully saturated rings. The van der Waals surface area contributed by atoms with Crippen LogP contribution in [-0.2, 0) is 4.79 Å². The summed E-state index contributed by atoms with van der Waals surface area (Å²) in [7, 11) is 0. The van der Waals surface area contributed by atoms with Gasteiger partial charge in [-0.15, -0.1) is 0 Å². The summed E-state index contributed by atoms with van der Waals surface area (Å²) >= 11 is 5.23. The lowest BCUT2D eigenvalue weighted by molar-refractivity contribution is -0.118. The second-order valence-corrected chi connectivity index (χ2v) is 5.18. The number of para-hydroxylation sites is 1. The fourth-order valence-electron chi connectivity index (χ4n) is 2.23. The molecule has 6 nitrogen and oxygen atoms in total. The second-order valence-electron chi connectivity index (χ2n) is 4.80. The highest BCUT2D eigenvalue weighted by molar-refractivity contribution is 7.80. The summed E-state index contributed by atoms with van der Waals surface area (Å²) in [5.41, 5.74) is 5.76. The molecule has 21 heavy (non-hydrogen) atoms. The van der Waals surface area contributed by atoms with Crippen LogP contribution >= 0.6 is 12.2 Å². The monoisotopic (exact) mass is 306 g/mol. The van der Waals surface area contributed by atoms with Gasteiger partial charge >= 0.3 is 6.03 Å². The van der Waals surface area contributed by atoms with Gasteiger partial charge in [-0.05, 0) is 43.6 Å². The van der Waals surface area contributed by atoms with Crippen molar-refractivity contribution >= 4 is 35.0 Å². The average molecular weight is 306 g/mol. The van der Waals surface area contributed by atoms with Crippen molar-refractivity contribution in [2.45, 2.75) is 25.3 Å². The van der Waals surface area contributed by atoms with Crippen LogP contribution in [0.1, 0.15) is 19.3 Å². The van der Waals surface area contributed by atoms with Gasteiger partial charge in [-0.25, -0.2) is 4.79 Å². The summed E-state index contributed by atoms with van der Waals surface area (Å²) in [4.78, 5) is 24.4. The van der Waals surface area contributed by atoms with Gasteiger partial charge in [0, 0.05) is 6.54 Å². The zero-order valence-corrected chi connectivity index (χ0v) is 12.4. The molecule has 1 heterocycles. The number of rotatable bonds is 6. The number of hydrogen-bond donors (Lipinski definition) is 3. The van der Waals surface area contributed by atoms with Crippen molar-refractivity contribution < 1.29 is 9.59 Å². The molecule has 0 aliphatic carbocycles. The predicted octanol–water partition coefficient (Wildman–Crippen LogP) is 1.11. The van der Waals surface area contributed by atoms with Crippen molar-refractivity contribution in [1.29, 1.82) is 0 Å². The Morgan fingerprint density at radius 1 is 1.33 bits per heavy atom. The smallest absolute Gasteiger partial charge is 0.312 e. The van der Waals surface area contributed by atoms with Crippen molar-refractivity contribution in [3.63, 3.8) is 0 Å². The van der Waals surface area contributed by atoms with Gasteiger partial charge in [-0.3, -0.25) is 9.69 Å². The van der Waals surface area contributed by atoms with E-state index in [2.05, 4.69) is 10.6 Å². The minimum Gasteiger partial charge on any atom is -0.352 e. The van der Waals surface area contributed by atoms with Crippen molar-refractivity contribution in [3.8, 4) is 0 Å². The number of amides is 3. The zero-order valence-electron chi connectivity index (χ0n) is 11.5. The Morgan fingerprint density at radius 3 is 2.71 bits per heavy atom. The molecular weight excluding hydrogens is 288 g/mol. The maximum absolute atomic E-state index is 12.4. The highest BCUT2D eigenvalue weighted by Crippen LogP contribution is 2.21. The number of thiocarbonyl (C=S) groups is 1. The van der Waals surface area contributed by atoms with E-state index in [1.807, 2.05) is 30.3 Å². The van der Waals surface area contributed by atoms with Crippen LogP contribution in [-0.4, -0.2) is 29.6 Å². The van der Waals surface area contributed by atoms with Gasteiger partial charge in [0.2, 0.25) is 0 Å². The summed E-state index contributed by atoms with van der Waals surface area (Å²) < 4.78 is 0. The molecule has 0 bridgehead atoms. The average Bonchev–Trinajstić information content (AvgIpc) is 2.74. The SMILES string of the molecule is NC(=O)NCCCCC1NC(=S)N(c2ccccc2)C1=O. The van der Waals surface area contributed by atoms with Crippen molar-refractivity contribution in [3.05, 3.63) is 30.3 Å². The molecule has 112 valence electrons. The molecule has 1 atom stereocenters. The molecule has 0 aromatic heterocycles. The number of nitrogens with zero attached hydrogens (tertiary/aromatic N) is 1. The Morgan fingerprint density at radius 2 is 2.05 bits per heavy atom. The Kier molecular flexibility index (Phi) is 5.10. The van der Waals surface area contributed by atoms with Gasteiger partial charge in [0.25, 0.3) is 5.91 Å². The molecule has 0 radical (unpaired) electrons. The summed E-state index contributed by atoms with van der Waals surface area (Å²) in [6.07, 6.45) is 2.24. The molecule has 3 amide bonds. The first-order chi connectivity index (χ1) is 10.1. The number of nitrogens with two attached hydrogens (primary N) is 1. The normalized spacial score (nSPS) is 17.7. The van der Waals surface area contributed by atoms with Crippen LogP contribution in [0, 0.1) is 0 Å². The third-order valence-electron chi connectivity index (χ3n) is 3.25. The van der Waals surface area contributed by atoms with Crippen molar-refractivity contribution in [2.75, 3.05) is 11.4 Å². The van der Waals surface area contributed by atoms with Crippen LogP contribution in [0.5, 0.6) is 0 Å². The van der Waals surface area contributed by atoms with Crippen LogP contribution in [0.15, 0.2) is 30.3 Å². The van der Waals surface area contributed by atoms with E-state index in [-0.39, 0.29) is 11.9 Å².